The standard InChI is InChI=1S/C17H25NO2/c1-16(20)15-8-5-9-17(16,13-19)12-18(11-15)10-14-6-3-2-4-7-14/h2-4,6-7,15,19-20H,5,8-13H2,1H3. The second-order valence-electron chi connectivity index (χ2n) is 6.83. The average molecular weight is 275 g/mol. The average Bonchev–Trinajstić information content (AvgIpc) is 2.41. The number of nitrogens with zero attached hydrogens (tertiary/aromatic N) is 1. The smallest absolute Gasteiger partial charge is 0.0750 e. The first kappa shape index (κ1) is 14.1. The maximum Gasteiger partial charge on any atom is 0.0750 e. The van der Waals surface area contributed by atoms with Gasteiger partial charge < -0.3 is 10.2 Å². The monoisotopic (exact) mass is 275 g/mol. The Hall–Kier alpha value is -0.900. The van der Waals surface area contributed by atoms with Crippen molar-refractivity contribution in [2.24, 2.45) is 11.3 Å². The Balaban J connectivity index is 1.80. The molecule has 20 heavy (non-hydrogen) atoms. The van der Waals surface area contributed by atoms with Gasteiger partial charge in [0.05, 0.1) is 12.2 Å². The summed E-state index contributed by atoms with van der Waals surface area (Å²) in [7, 11) is 0. The fourth-order valence-electron chi connectivity index (χ4n) is 4.22. The topological polar surface area (TPSA) is 43.7 Å². The summed E-state index contributed by atoms with van der Waals surface area (Å²) in [5, 5.41) is 20.8. The van der Waals surface area contributed by atoms with Gasteiger partial charge in [0, 0.05) is 31.0 Å². The number of fused-ring (bicyclic) bond motifs is 2. The highest BCUT2D eigenvalue weighted by atomic mass is 16.3. The molecule has 0 aromatic heterocycles. The Morgan fingerprint density at radius 3 is 2.75 bits per heavy atom. The van der Waals surface area contributed by atoms with Crippen LogP contribution in [0.25, 0.3) is 0 Å². The molecule has 1 aliphatic carbocycles. The highest BCUT2D eigenvalue weighted by molar-refractivity contribution is 5.16. The first-order valence-electron chi connectivity index (χ1n) is 7.67. The molecule has 2 aliphatic rings. The Labute approximate surface area is 121 Å². The molecular formula is C17H25NO2. The SMILES string of the molecule is CC1(O)C2CCCC1(CO)CN(Cc1ccccc1)C2. The van der Waals surface area contributed by atoms with Crippen molar-refractivity contribution in [1.29, 1.82) is 0 Å². The number of aliphatic hydroxyl groups excluding tert-OH is 1. The van der Waals surface area contributed by atoms with Gasteiger partial charge in [0.15, 0.2) is 0 Å². The molecule has 0 amide bonds. The molecule has 2 fully saturated rings. The van der Waals surface area contributed by atoms with E-state index in [-0.39, 0.29) is 17.9 Å². The summed E-state index contributed by atoms with van der Waals surface area (Å²) in [4.78, 5) is 2.41. The van der Waals surface area contributed by atoms with Crippen molar-refractivity contribution in [2.75, 3.05) is 19.7 Å². The zero-order valence-electron chi connectivity index (χ0n) is 12.3. The van der Waals surface area contributed by atoms with Crippen LogP contribution in [0.3, 0.4) is 0 Å². The van der Waals surface area contributed by atoms with E-state index in [9.17, 15) is 10.2 Å². The third-order valence-corrected chi connectivity index (χ3v) is 5.63. The molecule has 3 unspecified atom stereocenters. The quantitative estimate of drug-likeness (QED) is 0.887. The van der Waals surface area contributed by atoms with E-state index < -0.39 is 5.60 Å². The van der Waals surface area contributed by atoms with Gasteiger partial charge in [0.1, 0.15) is 0 Å². The Bertz CT molecular complexity index is 459. The van der Waals surface area contributed by atoms with Gasteiger partial charge in [0.25, 0.3) is 0 Å². The zero-order chi connectivity index (χ0) is 14.2. The Morgan fingerprint density at radius 2 is 2.05 bits per heavy atom. The van der Waals surface area contributed by atoms with Gasteiger partial charge in [0.2, 0.25) is 0 Å². The van der Waals surface area contributed by atoms with Crippen molar-refractivity contribution in [2.45, 2.75) is 38.3 Å². The molecule has 1 saturated heterocycles. The maximum absolute atomic E-state index is 10.9. The molecule has 2 N–H and O–H groups in total. The lowest BCUT2D eigenvalue weighted by Gasteiger charge is -2.58. The van der Waals surface area contributed by atoms with Crippen molar-refractivity contribution >= 4 is 0 Å². The van der Waals surface area contributed by atoms with E-state index in [1.54, 1.807) is 0 Å². The van der Waals surface area contributed by atoms with Gasteiger partial charge in [-0.2, -0.15) is 0 Å². The van der Waals surface area contributed by atoms with E-state index in [0.29, 0.717) is 0 Å². The van der Waals surface area contributed by atoms with Crippen LogP contribution in [-0.4, -0.2) is 40.4 Å². The predicted octanol–water partition coefficient (Wildman–Crippen LogP) is 2.03. The minimum Gasteiger partial charge on any atom is -0.396 e. The van der Waals surface area contributed by atoms with E-state index in [1.165, 1.54) is 5.56 Å². The van der Waals surface area contributed by atoms with Crippen molar-refractivity contribution in [3.8, 4) is 0 Å². The second-order valence-corrected chi connectivity index (χ2v) is 6.83. The predicted molar refractivity (Wildman–Crippen MR) is 79.2 cm³/mol. The van der Waals surface area contributed by atoms with E-state index in [0.717, 1.165) is 38.9 Å². The third kappa shape index (κ3) is 2.18. The summed E-state index contributed by atoms with van der Waals surface area (Å²) in [5.74, 6) is 0.279. The molecule has 3 atom stereocenters. The molecule has 2 bridgehead atoms. The summed E-state index contributed by atoms with van der Waals surface area (Å²) in [5.41, 5.74) is 0.232. The lowest BCUT2D eigenvalue weighted by molar-refractivity contribution is -0.202. The molecule has 1 aliphatic heterocycles. The maximum atomic E-state index is 10.9. The van der Waals surface area contributed by atoms with Gasteiger partial charge in [-0.15, -0.1) is 0 Å². The number of hydrogen-bond donors (Lipinski definition) is 2. The summed E-state index contributed by atoms with van der Waals surface area (Å²) < 4.78 is 0. The van der Waals surface area contributed by atoms with Gasteiger partial charge in [-0.05, 0) is 25.3 Å². The molecule has 0 spiro atoms. The number of aliphatic hydroxyl groups is 2. The number of benzene rings is 1. The zero-order valence-corrected chi connectivity index (χ0v) is 12.3. The van der Waals surface area contributed by atoms with Crippen molar-refractivity contribution in [1.82, 2.24) is 4.90 Å². The number of hydrogen-bond acceptors (Lipinski definition) is 3. The first-order valence-corrected chi connectivity index (χ1v) is 7.67. The Morgan fingerprint density at radius 1 is 1.30 bits per heavy atom. The minimum atomic E-state index is -0.729. The molecule has 1 aromatic rings. The second kappa shape index (κ2) is 5.14. The molecular weight excluding hydrogens is 250 g/mol. The van der Waals surface area contributed by atoms with Crippen molar-refractivity contribution in [3.05, 3.63) is 35.9 Å². The summed E-state index contributed by atoms with van der Waals surface area (Å²) in [6.45, 7) is 4.66. The van der Waals surface area contributed by atoms with Crippen LogP contribution < -0.4 is 0 Å². The van der Waals surface area contributed by atoms with Crippen molar-refractivity contribution < 1.29 is 10.2 Å². The van der Waals surface area contributed by atoms with Crippen LogP contribution in [0.5, 0.6) is 0 Å². The molecule has 3 rings (SSSR count). The molecule has 110 valence electrons. The minimum absolute atomic E-state index is 0.0851. The van der Waals surface area contributed by atoms with Crippen LogP contribution in [0.15, 0.2) is 30.3 Å². The van der Waals surface area contributed by atoms with Gasteiger partial charge in [-0.1, -0.05) is 36.8 Å². The van der Waals surface area contributed by atoms with Gasteiger partial charge >= 0.3 is 0 Å². The Kier molecular flexibility index (Phi) is 3.61. The number of rotatable bonds is 3. The molecule has 1 aromatic carbocycles. The van der Waals surface area contributed by atoms with Crippen LogP contribution in [-0.2, 0) is 6.54 Å². The van der Waals surface area contributed by atoms with Crippen LogP contribution >= 0.6 is 0 Å². The first-order chi connectivity index (χ1) is 9.57. The third-order valence-electron chi connectivity index (χ3n) is 5.63. The van der Waals surface area contributed by atoms with E-state index in [1.807, 2.05) is 13.0 Å². The van der Waals surface area contributed by atoms with Crippen LogP contribution in [0.2, 0.25) is 0 Å². The van der Waals surface area contributed by atoms with E-state index in [2.05, 4.69) is 29.2 Å². The van der Waals surface area contributed by atoms with Crippen LogP contribution in [0.1, 0.15) is 31.7 Å². The molecule has 0 radical (unpaired) electrons. The summed E-state index contributed by atoms with van der Waals surface area (Å²) in [6.07, 6.45) is 3.12. The number of piperidine rings is 1. The van der Waals surface area contributed by atoms with Gasteiger partial charge in [-0.25, -0.2) is 0 Å². The molecule has 3 heteroatoms. The van der Waals surface area contributed by atoms with Crippen molar-refractivity contribution in [3.63, 3.8) is 0 Å². The van der Waals surface area contributed by atoms with Gasteiger partial charge in [-0.3, -0.25) is 4.90 Å². The van der Waals surface area contributed by atoms with E-state index in [4.69, 9.17) is 0 Å². The lowest BCUT2D eigenvalue weighted by Crippen LogP contribution is -2.66. The summed E-state index contributed by atoms with van der Waals surface area (Å²) in [6, 6.07) is 10.5. The van der Waals surface area contributed by atoms with Crippen LogP contribution in [0.4, 0.5) is 0 Å². The van der Waals surface area contributed by atoms with E-state index >= 15 is 0 Å². The fourth-order valence-corrected chi connectivity index (χ4v) is 4.22. The molecule has 1 saturated carbocycles. The highest BCUT2D eigenvalue weighted by Crippen LogP contribution is 2.51. The van der Waals surface area contributed by atoms with Crippen LogP contribution in [0, 0.1) is 11.3 Å². The normalized spacial score (nSPS) is 37.9. The fraction of sp³-hybridized carbons (Fsp3) is 0.647. The molecule has 3 nitrogen and oxygen atoms in total. The summed E-state index contributed by atoms with van der Waals surface area (Å²) >= 11 is 0. The largest absolute Gasteiger partial charge is 0.396 e. The highest BCUT2D eigenvalue weighted by Gasteiger charge is 2.57. The molecule has 1 heterocycles. The lowest BCUT2D eigenvalue weighted by atomic mass is 9.57. The number of likely N-dealkylation sites (tertiary alicyclic amines) is 1.